The lowest BCUT2D eigenvalue weighted by Gasteiger charge is -2.32. The molecular formula is C10H18O6S. The molecule has 0 spiro atoms. The lowest BCUT2D eigenvalue weighted by Crippen LogP contribution is -2.40. The van der Waals surface area contributed by atoms with Crippen molar-refractivity contribution in [2.24, 2.45) is 5.92 Å². The molecule has 0 saturated heterocycles. The molecule has 0 unspecified atom stereocenters. The fourth-order valence-corrected chi connectivity index (χ4v) is 2.78. The quantitative estimate of drug-likeness (QED) is 0.538. The average molecular weight is 266 g/mol. The minimum Gasteiger partial charge on any atom is -0.469 e. The SMILES string of the molecule is COC(=O)[C@@H]1CC[C@H](OS(C)(=O)=O)C[C@H]1OC. The molecule has 0 aromatic carbocycles. The summed E-state index contributed by atoms with van der Waals surface area (Å²) in [4.78, 5) is 11.5. The molecule has 1 rings (SSSR count). The van der Waals surface area contributed by atoms with Gasteiger partial charge in [0.15, 0.2) is 0 Å². The monoisotopic (exact) mass is 266 g/mol. The summed E-state index contributed by atoms with van der Waals surface area (Å²) in [6.07, 6.45) is 1.63. The highest BCUT2D eigenvalue weighted by Gasteiger charge is 2.37. The van der Waals surface area contributed by atoms with Crippen LogP contribution in [0.1, 0.15) is 19.3 Å². The predicted molar refractivity (Wildman–Crippen MR) is 59.9 cm³/mol. The lowest BCUT2D eigenvalue weighted by atomic mass is 9.85. The van der Waals surface area contributed by atoms with Gasteiger partial charge in [-0.25, -0.2) is 0 Å². The van der Waals surface area contributed by atoms with Crippen molar-refractivity contribution in [3.8, 4) is 0 Å². The standard InChI is InChI=1S/C10H18O6S/c1-14-9-6-7(16-17(3,12)13)4-5-8(9)10(11)15-2/h7-9H,4-6H2,1-3H3/t7-,8+,9+/m0/s1. The van der Waals surface area contributed by atoms with Crippen LogP contribution < -0.4 is 0 Å². The smallest absolute Gasteiger partial charge is 0.311 e. The van der Waals surface area contributed by atoms with E-state index in [9.17, 15) is 13.2 Å². The highest BCUT2D eigenvalue weighted by atomic mass is 32.2. The average Bonchev–Trinajstić information content (AvgIpc) is 2.25. The number of methoxy groups -OCH3 is 2. The molecule has 0 N–H and O–H groups in total. The molecule has 0 bridgehead atoms. The lowest BCUT2D eigenvalue weighted by molar-refractivity contribution is -0.153. The van der Waals surface area contributed by atoms with E-state index >= 15 is 0 Å². The van der Waals surface area contributed by atoms with Gasteiger partial charge >= 0.3 is 5.97 Å². The fraction of sp³-hybridized carbons (Fsp3) is 0.900. The van der Waals surface area contributed by atoms with E-state index in [1.54, 1.807) is 0 Å². The van der Waals surface area contributed by atoms with Gasteiger partial charge in [0.05, 0.1) is 31.5 Å². The van der Waals surface area contributed by atoms with Gasteiger partial charge in [0.2, 0.25) is 0 Å². The number of hydrogen-bond acceptors (Lipinski definition) is 6. The van der Waals surface area contributed by atoms with Crippen LogP contribution in [0.25, 0.3) is 0 Å². The van der Waals surface area contributed by atoms with Gasteiger partial charge < -0.3 is 9.47 Å². The molecule has 100 valence electrons. The molecule has 0 aromatic heterocycles. The van der Waals surface area contributed by atoms with Crippen molar-refractivity contribution in [2.45, 2.75) is 31.5 Å². The van der Waals surface area contributed by atoms with Crippen LogP contribution in [0.15, 0.2) is 0 Å². The van der Waals surface area contributed by atoms with Gasteiger partial charge in [-0.1, -0.05) is 0 Å². The Morgan fingerprint density at radius 3 is 2.35 bits per heavy atom. The van der Waals surface area contributed by atoms with Gasteiger partial charge in [0, 0.05) is 13.5 Å². The van der Waals surface area contributed by atoms with Crippen LogP contribution >= 0.6 is 0 Å². The summed E-state index contributed by atoms with van der Waals surface area (Å²) in [5, 5.41) is 0. The largest absolute Gasteiger partial charge is 0.469 e. The second-order valence-electron chi connectivity index (χ2n) is 4.14. The zero-order valence-electron chi connectivity index (χ0n) is 10.2. The maximum atomic E-state index is 11.5. The van der Waals surface area contributed by atoms with Gasteiger partial charge in [0.25, 0.3) is 10.1 Å². The van der Waals surface area contributed by atoms with Crippen molar-refractivity contribution in [3.63, 3.8) is 0 Å². The van der Waals surface area contributed by atoms with Crippen LogP contribution in [0.2, 0.25) is 0 Å². The van der Waals surface area contributed by atoms with Crippen LogP contribution in [0.3, 0.4) is 0 Å². The molecule has 0 aliphatic heterocycles. The molecule has 1 fully saturated rings. The first-order valence-corrected chi connectivity index (χ1v) is 7.18. The third-order valence-corrected chi connectivity index (χ3v) is 3.48. The van der Waals surface area contributed by atoms with Gasteiger partial charge in [-0.15, -0.1) is 0 Å². The Kier molecular flexibility index (Phi) is 4.91. The Bertz CT molecular complexity index is 363. The first-order chi connectivity index (χ1) is 7.87. The number of carbonyl (C=O) groups is 1. The number of hydrogen-bond donors (Lipinski definition) is 0. The fourth-order valence-electron chi connectivity index (χ4n) is 2.11. The molecule has 1 aliphatic rings. The minimum absolute atomic E-state index is 0.324. The van der Waals surface area contributed by atoms with Crippen LogP contribution in [0.4, 0.5) is 0 Å². The molecular weight excluding hydrogens is 248 g/mol. The summed E-state index contributed by atoms with van der Waals surface area (Å²) < 4.78 is 36.8. The van der Waals surface area contributed by atoms with Crippen molar-refractivity contribution < 1.29 is 26.9 Å². The van der Waals surface area contributed by atoms with E-state index in [4.69, 9.17) is 8.92 Å². The van der Waals surface area contributed by atoms with Crippen molar-refractivity contribution in [1.82, 2.24) is 0 Å². The van der Waals surface area contributed by atoms with E-state index in [1.807, 2.05) is 0 Å². The minimum atomic E-state index is -3.47. The van der Waals surface area contributed by atoms with Crippen LogP contribution in [-0.2, 0) is 28.6 Å². The molecule has 0 amide bonds. The van der Waals surface area contributed by atoms with Crippen molar-refractivity contribution in [2.75, 3.05) is 20.5 Å². The number of esters is 1. The normalized spacial score (nSPS) is 29.9. The second-order valence-corrected chi connectivity index (χ2v) is 5.74. The highest BCUT2D eigenvalue weighted by Crippen LogP contribution is 2.30. The Morgan fingerprint density at radius 2 is 1.88 bits per heavy atom. The maximum absolute atomic E-state index is 11.5. The molecule has 17 heavy (non-hydrogen) atoms. The van der Waals surface area contributed by atoms with Crippen molar-refractivity contribution in [3.05, 3.63) is 0 Å². The summed E-state index contributed by atoms with van der Waals surface area (Å²) >= 11 is 0. The molecule has 1 saturated carbocycles. The first-order valence-electron chi connectivity index (χ1n) is 5.36. The van der Waals surface area contributed by atoms with Gasteiger partial charge in [0.1, 0.15) is 0 Å². The summed E-state index contributed by atoms with van der Waals surface area (Å²) in [5.41, 5.74) is 0. The third kappa shape index (κ3) is 4.25. The Morgan fingerprint density at radius 1 is 1.24 bits per heavy atom. The summed E-state index contributed by atoms with van der Waals surface area (Å²) in [6, 6.07) is 0. The van der Waals surface area contributed by atoms with Gasteiger partial charge in [-0.05, 0) is 12.8 Å². The van der Waals surface area contributed by atoms with E-state index in [2.05, 4.69) is 4.74 Å². The molecule has 1 aliphatic carbocycles. The van der Waals surface area contributed by atoms with Gasteiger partial charge in [-0.2, -0.15) is 8.42 Å². The zero-order valence-corrected chi connectivity index (χ0v) is 11.0. The third-order valence-electron chi connectivity index (χ3n) is 2.86. The van der Waals surface area contributed by atoms with E-state index in [0.717, 1.165) is 6.26 Å². The molecule has 0 radical (unpaired) electrons. The van der Waals surface area contributed by atoms with Gasteiger partial charge in [-0.3, -0.25) is 8.98 Å². The topological polar surface area (TPSA) is 78.9 Å². The predicted octanol–water partition coefficient (Wildman–Crippen LogP) is 0.319. The number of carbonyl (C=O) groups excluding carboxylic acids is 1. The molecule has 0 heterocycles. The molecule has 0 aromatic rings. The highest BCUT2D eigenvalue weighted by molar-refractivity contribution is 7.86. The number of ether oxygens (including phenoxy) is 2. The summed E-state index contributed by atoms with van der Waals surface area (Å²) in [7, 11) is -0.653. The van der Waals surface area contributed by atoms with E-state index in [0.29, 0.717) is 19.3 Å². The molecule has 6 nitrogen and oxygen atoms in total. The van der Waals surface area contributed by atoms with Crippen LogP contribution in [0.5, 0.6) is 0 Å². The van der Waals surface area contributed by atoms with E-state index in [-0.39, 0.29) is 18.0 Å². The number of rotatable bonds is 4. The summed E-state index contributed by atoms with van der Waals surface area (Å²) in [5.74, 6) is -0.668. The van der Waals surface area contributed by atoms with Crippen molar-refractivity contribution >= 4 is 16.1 Å². The Balaban J connectivity index is 2.63. The zero-order chi connectivity index (χ0) is 13.1. The first kappa shape index (κ1) is 14.4. The van der Waals surface area contributed by atoms with E-state index < -0.39 is 16.2 Å². The second kappa shape index (κ2) is 5.79. The van der Waals surface area contributed by atoms with Crippen molar-refractivity contribution in [1.29, 1.82) is 0 Å². The Hall–Kier alpha value is -0.660. The maximum Gasteiger partial charge on any atom is 0.311 e. The Labute approximate surface area is 101 Å². The van der Waals surface area contributed by atoms with Crippen LogP contribution in [0, 0.1) is 5.92 Å². The van der Waals surface area contributed by atoms with E-state index in [1.165, 1.54) is 14.2 Å². The summed E-state index contributed by atoms with van der Waals surface area (Å²) in [6.45, 7) is 0. The van der Waals surface area contributed by atoms with Crippen LogP contribution in [-0.4, -0.2) is 47.1 Å². The molecule has 7 heteroatoms. The molecule has 3 atom stereocenters.